The molecule has 0 aliphatic rings. The van der Waals surface area contributed by atoms with E-state index in [9.17, 15) is 4.79 Å². The molecule has 2 aromatic rings. The van der Waals surface area contributed by atoms with E-state index < -0.39 is 0 Å². The molecule has 0 fully saturated rings. The Bertz CT molecular complexity index is 575. The molecular weight excluding hydrogens is 280 g/mol. The fourth-order valence-electron chi connectivity index (χ4n) is 1.47. The SMILES string of the molecule is CSc1ccc(Cl)c(C(=O)NNc2[c]cccc2)c1. The molecular formula is C14H12ClN2OS. The monoisotopic (exact) mass is 291 g/mol. The third-order valence-electron chi connectivity index (χ3n) is 2.44. The van der Waals surface area contributed by atoms with Crippen molar-refractivity contribution in [2.24, 2.45) is 0 Å². The van der Waals surface area contributed by atoms with Crippen LogP contribution in [0, 0.1) is 6.07 Å². The van der Waals surface area contributed by atoms with E-state index >= 15 is 0 Å². The van der Waals surface area contributed by atoms with E-state index in [1.54, 1.807) is 36.0 Å². The highest BCUT2D eigenvalue weighted by Gasteiger charge is 2.10. The summed E-state index contributed by atoms with van der Waals surface area (Å²) in [6.07, 6.45) is 1.95. The number of thioether (sulfide) groups is 1. The quantitative estimate of drug-likeness (QED) is 0.668. The molecule has 0 aliphatic carbocycles. The molecule has 0 saturated heterocycles. The molecule has 1 amide bonds. The number of carbonyl (C=O) groups excluding carboxylic acids is 1. The molecule has 0 unspecified atom stereocenters. The number of benzene rings is 2. The lowest BCUT2D eigenvalue weighted by Gasteiger charge is -2.10. The Kier molecular flexibility index (Phi) is 4.71. The fourth-order valence-corrected chi connectivity index (χ4v) is 2.11. The molecule has 3 nitrogen and oxygen atoms in total. The Labute approximate surface area is 121 Å². The van der Waals surface area contributed by atoms with Gasteiger partial charge in [-0.3, -0.25) is 15.6 Å². The fraction of sp³-hybridized carbons (Fsp3) is 0.0714. The van der Waals surface area contributed by atoms with Gasteiger partial charge in [-0.2, -0.15) is 0 Å². The van der Waals surface area contributed by atoms with Crippen molar-refractivity contribution < 1.29 is 4.79 Å². The highest BCUT2D eigenvalue weighted by atomic mass is 35.5. The molecule has 19 heavy (non-hydrogen) atoms. The Hall–Kier alpha value is -1.65. The predicted molar refractivity (Wildman–Crippen MR) is 79.6 cm³/mol. The van der Waals surface area contributed by atoms with Gasteiger partial charge in [-0.1, -0.05) is 29.8 Å². The number of hydrogen-bond acceptors (Lipinski definition) is 3. The average molecular weight is 292 g/mol. The largest absolute Gasteiger partial charge is 0.298 e. The average Bonchev–Trinajstić information content (AvgIpc) is 2.46. The topological polar surface area (TPSA) is 41.1 Å². The summed E-state index contributed by atoms with van der Waals surface area (Å²) < 4.78 is 0. The van der Waals surface area contributed by atoms with Gasteiger partial charge < -0.3 is 0 Å². The lowest BCUT2D eigenvalue weighted by atomic mass is 10.2. The number of hydrazine groups is 1. The summed E-state index contributed by atoms with van der Waals surface area (Å²) in [6, 6.07) is 15.6. The summed E-state index contributed by atoms with van der Waals surface area (Å²) in [5.74, 6) is -0.279. The van der Waals surface area contributed by atoms with E-state index in [1.165, 1.54) is 0 Å². The first-order chi connectivity index (χ1) is 9.20. The number of halogens is 1. The van der Waals surface area contributed by atoms with E-state index in [0.29, 0.717) is 16.3 Å². The maximum atomic E-state index is 12.0. The molecule has 0 atom stereocenters. The molecule has 1 radical (unpaired) electrons. The van der Waals surface area contributed by atoms with Crippen LogP contribution in [0.1, 0.15) is 10.4 Å². The van der Waals surface area contributed by atoms with Gasteiger partial charge in [0.2, 0.25) is 0 Å². The summed E-state index contributed by atoms with van der Waals surface area (Å²) >= 11 is 7.58. The van der Waals surface area contributed by atoms with Gasteiger partial charge >= 0.3 is 0 Å². The Morgan fingerprint density at radius 3 is 2.84 bits per heavy atom. The second-order valence-electron chi connectivity index (χ2n) is 3.70. The van der Waals surface area contributed by atoms with Gasteiger partial charge in [0.05, 0.1) is 16.3 Å². The number of para-hydroxylation sites is 1. The van der Waals surface area contributed by atoms with Crippen molar-refractivity contribution in [2.45, 2.75) is 4.90 Å². The number of rotatable bonds is 4. The van der Waals surface area contributed by atoms with Gasteiger partial charge in [0.15, 0.2) is 0 Å². The molecule has 0 aromatic heterocycles. The number of amides is 1. The number of hydrogen-bond donors (Lipinski definition) is 2. The zero-order valence-electron chi connectivity index (χ0n) is 10.2. The number of anilines is 1. The first kappa shape index (κ1) is 13.8. The summed E-state index contributed by atoms with van der Waals surface area (Å²) in [7, 11) is 0. The minimum atomic E-state index is -0.279. The standard InChI is InChI=1S/C14H12ClN2OS/c1-19-11-7-8-13(15)12(9-11)14(18)17-16-10-5-3-2-4-6-10/h2-5,7-9,16H,1H3,(H,17,18). The van der Waals surface area contributed by atoms with Crippen molar-refractivity contribution in [2.75, 3.05) is 11.7 Å². The third-order valence-corrected chi connectivity index (χ3v) is 3.49. The van der Waals surface area contributed by atoms with Crippen LogP contribution in [0.4, 0.5) is 5.69 Å². The molecule has 0 bridgehead atoms. The zero-order chi connectivity index (χ0) is 13.7. The van der Waals surface area contributed by atoms with Crippen LogP contribution in [0.25, 0.3) is 0 Å². The Balaban J connectivity index is 2.08. The Morgan fingerprint density at radius 2 is 2.16 bits per heavy atom. The Morgan fingerprint density at radius 1 is 1.32 bits per heavy atom. The first-order valence-electron chi connectivity index (χ1n) is 5.57. The highest BCUT2D eigenvalue weighted by Crippen LogP contribution is 2.22. The van der Waals surface area contributed by atoms with Crippen LogP contribution in [0.5, 0.6) is 0 Å². The maximum absolute atomic E-state index is 12.0. The first-order valence-corrected chi connectivity index (χ1v) is 7.17. The van der Waals surface area contributed by atoms with Crippen LogP contribution in [-0.2, 0) is 0 Å². The molecule has 2 N–H and O–H groups in total. The highest BCUT2D eigenvalue weighted by molar-refractivity contribution is 7.98. The molecule has 0 spiro atoms. The van der Waals surface area contributed by atoms with E-state index in [-0.39, 0.29) is 5.91 Å². The van der Waals surface area contributed by atoms with Gasteiger partial charge in [-0.05, 0) is 30.5 Å². The molecule has 0 heterocycles. The summed E-state index contributed by atoms with van der Waals surface area (Å²) in [5.41, 5.74) is 6.51. The van der Waals surface area contributed by atoms with Crippen molar-refractivity contribution in [3.05, 3.63) is 59.1 Å². The molecule has 0 aliphatic heterocycles. The zero-order valence-corrected chi connectivity index (χ0v) is 11.8. The van der Waals surface area contributed by atoms with Crippen LogP contribution in [0.3, 0.4) is 0 Å². The van der Waals surface area contributed by atoms with Crippen molar-refractivity contribution in [1.82, 2.24) is 5.43 Å². The normalized spacial score (nSPS) is 10.0. The van der Waals surface area contributed by atoms with Crippen LogP contribution in [-0.4, -0.2) is 12.2 Å². The summed E-state index contributed by atoms with van der Waals surface area (Å²) in [5, 5.41) is 0.425. The molecule has 2 aromatic carbocycles. The molecule has 2 rings (SSSR count). The smallest absolute Gasteiger partial charge is 0.271 e. The minimum absolute atomic E-state index is 0.279. The second kappa shape index (κ2) is 6.50. The summed E-state index contributed by atoms with van der Waals surface area (Å²) in [6.45, 7) is 0. The third kappa shape index (κ3) is 3.66. The van der Waals surface area contributed by atoms with Gasteiger partial charge in [0.25, 0.3) is 5.91 Å². The van der Waals surface area contributed by atoms with Gasteiger partial charge in [0.1, 0.15) is 0 Å². The predicted octanol–water partition coefficient (Wildman–Crippen LogP) is 3.62. The van der Waals surface area contributed by atoms with Crippen molar-refractivity contribution in [1.29, 1.82) is 0 Å². The van der Waals surface area contributed by atoms with E-state index in [4.69, 9.17) is 11.6 Å². The van der Waals surface area contributed by atoms with E-state index in [0.717, 1.165) is 4.90 Å². The number of nitrogens with one attached hydrogen (secondary N) is 2. The molecule has 97 valence electrons. The summed E-state index contributed by atoms with van der Waals surface area (Å²) in [4.78, 5) is 13.0. The minimum Gasteiger partial charge on any atom is -0.298 e. The van der Waals surface area contributed by atoms with Crippen LogP contribution in [0.2, 0.25) is 5.02 Å². The molecule has 0 saturated carbocycles. The lowest BCUT2D eigenvalue weighted by Crippen LogP contribution is -2.29. The van der Waals surface area contributed by atoms with E-state index in [1.807, 2.05) is 24.5 Å². The number of carbonyl (C=O) groups is 1. The van der Waals surface area contributed by atoms with Gasteiger partial charge in [-0.25, -0.2) is 0 Å². The lowest BCUT2D eigenvalue weighted by molar-refractivity contribution is 0.0962. The maximum Gasteiger partial charge on any atom is 0.271 e. The van der Waals surface area contributed by atoms with Crippen molar-refractivity contribution >= 4 is 35.0 Å². The molecule has 5 heteroatoms. The van der Waals surface area contributed by atoms with Crippen LogP contribution < -0.4 is 10.9 Å². The van der Waals surface area contributed by atoms with Crippen LogP contribution in [0.15, 0.2) is 47.4 Å². The van der Waals surface area contributed by atoms with Crippen molar-refractivity contribution in [3.63, 3.8) is 0 Å². The van der Waals surface area contributed by atoms with E-state index in [2.05, 4.69) is 16.9 Å². The second-order valence-corrected chi connectivity index (χ2v) is 4.99. The van der Waals surface area contributed by atoms with Gasteiger partial charge in [-0.15, -0.1) is 11.8 Å². The van der Waals surface area contributed by atoms with Crippen LogP contribution >= 0.6 is 23.4 Å². The van der Waals surface area contributed by atoms with Gasteiger partial charge in [0, 0.05) is 11.0 Å². The van der Waals surface area contributed by atoms with Crippen molar-refractivity contribution in [3.8, 4) is 0 Å².